The summed E-state index contributed by atoms with van der Waals surface area (Å²) in [6.07, 6.45) is 11.2. The van der Waals surface area contributed by atoms with Crippen molar-refractivity contribution in [3.63, 3.8) is 0 Å². The summed E-state index contributed by atoms with van der Waals surface area (Å²) in [6, 6.07) is 2.17. The van der Waals surface area contributed by atoms with Crippen molar-refractivity contribution in [1.29, 1.82) is 5.26 Å². The first-order valence-corrected chi connectivity index (χ1v) is 6.53. The van der Waals surface area contributed by atoms with Gasteiger partial charge < -0.3 is 4.90 Å². The van der Waals surface area contributed by atoms with Gasteiger partial charge in [0.15, 0.2) is 0 Å². The molecule has 4 heteroatoms. The highest BCUT2D eigenvalue weighted by Crippen LogP contribution is 2.17. The highest BCUT2D eigenvalue weighted by Gasteiger charge is 2.05. The summed E-state index contributed by atoms with van der Waals surface area (Å²) in [5.74, 6) is 0.310. The molecule has 19 heavy (non-hydrogen) atoms. The number of nitrogens with zero attached hydrogens (tertiary/aromatic N) is 4. The molecule has 1 aromatic heterocycles. The van der Waals surface area contributed by atoms with E-state index in [0.29, 0.717) is 12.5 Å². The number of aromatic nitrogens is 2. The van der Waals surface area contributed by atoms with Gasteiger partial charge in [-0.2, -0.15) is 10.4 Å². The van der Waals surface area contributed by atoms with E-state index in [2.05, 4.69) is 43.2 Å². The maximum Gasteiger partial charge on any atom is 0.105 e. The van der Waals surface area contributed by atoms with Crippen LogP contribution in [0.25, 0.3) is 0 Å². The molecule has 0 amide bonds. The zero-order valence-electron chi connectivity index (χ0n) is 12.2. The fourth-order valence-corrected chi connectivity index (χ4v) is 1.79. The SMILES string of the molecule is CC/C=C(\C=C/C(C)c1cnn(C)c1)N(C)CC#N. The Morgan fingerprint density at radius 3 is 2.89 bits per heavy atom. The highest BCUT2D eigenvalue weighted by atomic mass is 15.2. The van der Waals surface area contributed by atoms with Gasteiger partial charge in [0.05, 0.1) is 12.3 Å². The van der Waals surface area contributed by atoms with Crippen molar-refractivity contribution in [2.75, 3.05) is 13.6 Å². The number of nitriles is 1. The van der Waals surface area contributed by atoms with E-state index in [9.17, 15) is 0 Å². The summed E-state index contributed by atoms with van der Waals surface area (Å²) in [4.78, 5) is 1.95. The smallest absolute Gasteiger partial charge is 0.105 e. The van der Waals surface area contributed by atoms with E-state index in [0.717, 1.165) is 12.1 Å². The molecule has 1 atom stereocenters. The Labute approximate surface area is 115 Å². The number of likely N-dealkylation sites (N-methyl/N-ethyl adjacent to an activating group) is 1. The standard InChI is InChI=1S/C15H22N4/c1-5-6-15(18(3)10-9-16)8-7-13(2)14-11-17-19(4)12-14/h6-8,11-13H,5,10H2,1-4H3/b8-7-,15-6+. The number of hydrogen-bond acceptors (Lipinski definition) is 3. The molecule has 1 aromatic rings. The Bertz CT molecular complexity index is 490. The lowest BCUT2D eigenvalue weighted by molar-refractivity contribution is 0.482. The summed E-state index contributed by atoms with van der Waals surface area (Å²) in [7, 11) is 3.85. The number of allylic oxidation sites excluding steroid dienone is 3. The third-order valence-corrected chi connectivity index (χ3v) is 2.97. The molecule has 0 spiro atoms. The summed E-state index contributed by atoms with van der Waals surface area (Å²) >= 11 is 0. The Kier molecular flexibility index (Phi) is 5.87. The van der Waals surface area contributed by atoms with Crippen LogP contribution in [0.3, 0.4) is 0 Å². The van der Waals surface area contributed by atoms with Crippen LogP contribution in [0.5, 0.6) is 0 Å². The molecule has 0 radical (unpaired) electrons. The number of aryl methyl sites for hydroxylation is 1. The molecule has 0 saturated carbocycles. The normalized spacial score (nSPS) is 13.5. The van der Waals surface area contributed by atoms with Gasteiger partial charge in [-0.25, -0.2) is 0 Å². The molecular weight excluding hydrogens is 236 g/mol. The summed E-state index contributed by atoms with van der Waals surface area (Å²) in [5, 5.41) is 12.9. The van der Waals surface area contributed by atoms with Gasteiger partial charge in [0.25, 0.3) is 0 Å². The molecule has 1 rings (SSSR count). The molecular formula is C15H22N4. The monoisotopic (exact) mass is 258 g/mol. The van der Waals surface area contributed by atoms with E-state index in [1.807, 2.05) is 36.1 Å². The fourth-order valence-electron chi connectivity index (χ4n) is 1.79. The molecule has 1 heterocycles. The zero-order chi connectivity index (χ0) is 14.3. The Balaban J connectivity index is 2.76. The van der Waals surface area contributed by atoms with Crippen molar-refractivity contribution in [1.82, 2.24) is 14.7 Å². The molecule has 0 aliphatic carbocycles. The maximum atomic E-state index is 8.76. The number of hydrogen-bond donors (Lipinski definition) is 0. The molecule has 0 aliphatic rings. The molecule has 0 N–H and O–H groups in total. The lowest BCUT2D eigenvalue weighted by atomic mass is 10.0. The van der Waals surface area contributed by atoms with Crippen LogP contribution in [0.1, 0.15) is 31.7 Å². The van der Waals surface area contributed by atoms with Gasteiger partial charge >= 0.3 is 0 Å². The lowest BCUT2D eigenvalue weighted by Gasteiger charge is -2.17. The largest absolute Gasteiger partial charge is 0.362 e. The van der Waals surface area contributed by atoms with E-state index >= 15 is 0 Å². The van der Waals surface area contributed by atoms with Gasteiger partial charge in [-0.15, -0.1) is 0 Å². The molecule has 102 valence electrons. The van der Waals surface area contributed by atoms with Gasteiger partial charge in [0.1, 0.15) is 6.54 Å². The van der Waals surface area contributed by atoms with Crippen molar-refractivity contribution in [3.05, 3.63) is 41.9 Å². The van der Waals surface area contributed by atoms with Crippen molar-refractivity contribution in [3.8, 4) is 6.07 Å². The van der Waals surface area contributed by atoms with Gasteiger partial charge in [0, 0.05) is 31.9 Å². The predicted molar refractivity (Wildman–Crippen MR) is 77.4 cm³/mol. The van der Waals surface area contributed by atoms with Crippen molar-refractivity contribution in [2.45, 2.75) is 26.2 Å². The van der Waals surface area contributed by atoms with Crippen LogP contribution in [0.2, 0.25) is 0 Å². The molecule has 4 nitrogen and oxygen atoms in total. The van der Waals surface area contributed by atoms with Crippen LogP contribution in [-0.2, 0) is 7.05 Å². The van der Waals surface area contributed by atoms with Crippen LogP contribution in [0.15, 0.2) is 36.3 Å². The minimum atomic E-state index is 0.310. The Hall–Kier alpha value is -2.02. The first-order valence-electron chi connectivity index (χ1n) is 6.53. The summed E-state index contributed by atoms with van der Waals surface area (Å²) in [5.41, 5.74) is 2.28. The van der Waals surface area contributed by atoms with Crippen molar-refractivity contribution < 1.29 is 0 Å². The second-order valence-electron chi connectivity index (χ2n) is 4.65. The van der Waals surface area contributed by atoms with Crippen molar-refractivity contribution >= 4 is 0 Å². The van der Waals surface area contributed by atoms with Crippen LogP contribution >= 0.6 is 0 Å². The first-order chi connectivity index (χ1) is 9.08. The second kappa shape index (κ2) is 7.42. The van der Waals surface area contributed by atoms with E-state index in [1.54, 1.807) is 0 Å². The zero-order valence-corrected chi connectivity index (χ0v) is 12.2. The predicted octanol–water partition coefficient (Wildman–Crippen LogP) is 2.83. The average Bonchev–Trinajstić information content (AvgIpc) is 2.81. The van der Waals surface area contributed by atoms with E-state index in [4.69, 9.17) is 5.26 Å². The third-order valence-electron chi connectivity index (χ3n) is 2.97. The molecule has 1 unspecified atom stereocenters. The van der Waals surface area contributed by atoms with Crippen LogP contribution < -0.4 is 0 Å². The van der Waals surface area contributed by atoms with Gasteiger partial charge in [-0.3, -0.25) is 4.68 Å². The number of rotatable bonds is 6. The van der Waals surface area contributed by atoms with Gasteiger partial charge in [-0.1, -0.05) is 26.0 Å². The van der Waals surface area contributed by atoms with E-state index in [-0.39, 0.29) is 0 Å². The van der Waals surface area contributed by atoms with Gasteiger partial charge in [0.2, 0.25) is 0 Å². The van der Waals surface area contributed by atoms with Gasteiger partial charge in [-0.05, 0) is 18.1 Å². The topological polar surface area (TPSA) is 44.9 Å². The van der Waals surface area contributed by atoms with Crippen LogP contribution in [-0.4, -0.2) is 28.3 Å². The lowest BCUT2D eigenvalue weighted by Crippen LogP contribution is -2.16. The summed E-state index contributed by atoms with van der Waals surface area (Å²) in [6.45, 7) is 4.64. The van der Waals surface area contributed by atoms with Crippen LogP contribution in [0.4, 0.5) is 0 Å². The Morgan fingerprint density at radius 2 is 2.37 bits per heavy atom. The molecule has 0 aromatic carbocycles. The maximum absolute atomic E-state index is 8.76. The second-order valence-corrected chi connectivity index (χ2v) is 4.65. The van der Waals surface area contributed by atoms with Crippen molar-refractivity contribution in [2.24, 2.45) is 7.05 Å². The first kappa shape index (κ1) is 15.0. The summed E-state index contributed by atoms with van der Waals surface area (Å²) < 4.78 is 1.81. The molecule has 0 fully saturated rings. The quantitative estimate of drug-likeness (QED) is 0.582. The minimum Gasteiger partial charge on any atom is -0.362 e. The minimum absolute atomic E-state index is 0.310. The van der Waals surface area contributed by atoms with E-state index in [1.165, 1.54) is 5.56 Å². The fraction of sp³-hybridized carbons (Fsp3) is 0.467. The Morgan fingerprint density at radius 1 is 1.63 bits per heavy atom. The highest BCUT2D eigenvalue weighted by molar-refractivity contribution is 5.24. The third kappa shape index (κ3) is 4.63. The molecule has 0 aliphatic heterocycles. The molecule has 0 saturated heterocycles. The van der Waals surface area contributed by atoms with E-state index < -0.39 is 0 Å². The average molecular weight is 258 g/mol. The molecule has 0 bridgehead atoms. The van der Waals surface area contributed by atoms with Crippen LogP contribution in [0, 0.1) is 11.3 Å².